The highest BCUT2D eigenvalue weighted by Crippen LogP contribution is 2.38. The second kappa shape index (κ2) is 7.36. The maximum absolute atomic E-state index is 12.6. The van der Waals surface area contributed by atoms with Crippen LogP contribution in [-0.4, -0.2) is 32.9 Å². The lowest BCUT2D eigenvalue weighted by molar-refractivity contribution is 0.0832. The zero-order chi connectivity index (χ0) is 17.9. The predicted octanol–water partition coefficient (Wildman–Crippen LogP) is 4.25. The minimum atomic E-state index is -0.196. The van der Waals surface area contributed by atoms with Crippen LogP contribution in [0.5, 0.6) is 0 Å². The molecule has 2 aromatic rings. The standard InChI is InChI=1S/C21H25N3O2/c1-2-10-23-14-18(13-22-23)17-11-19-8-9-20(12-17)24(19)21(25)26-15-16-6-4-3-5-7-16/h3-7,11,13-14,19-20H,2,8-10,12,15H2,1H3. The van der Waals surface area contributed by atoms with Gasteiger partial charge in [-0.15, -0.1) is 0 Å². The fourth-order valence-corrected chi connectivity index (χ4v) is 4.00. The van der Waals surface area contributed by atoms with Gasteiger partial charge in [0.15, 0.2) is 0 Å². The third-order valence-corrected chi connectivity index (χ3v) is 5.27. The van der Waals surface area contributed by atoms with Gasteiger partial charge in [0.25, 0.3) is 0 Å². The van der Waals surface area contributed by atoms with Gasteiger partial charge in [-0.05, 0) is 36.8 Å². The van der Waals surface area contributed by atoms with Crippen LogP contribution in [0.15, 0.2) is 48.8 Å². The molecule has 5 nitrogen and oxygen atoms in total. The van der Waals surface area contributed by atoms with Crippen molar-refractivity contribution < 1.29 is 9.53 Å². The van der Waals surface area contributed by atoms with Crippen molar-refractivity contribution in [2.75, 3.05) is 0 Å². The third kappa shape index (κ3) is 3.39. The van der Waals surface area contributed by atoms with Crippen LogP contribution in [0.25, 0.3) is 5.57 Å². The molecule has 4 rings (SSSR count). The summed E-state index contributed by atoms with van der Waals surface area (Å²) in [4.78, 5) is 14.6. The molecule has 0 aliphatic carbocycles. The van der Waals surface area contributed by atoms with Crippen molar-refractivity contribution >= 4 is 11.7 Å². The van der Waals surface area contributed by atoms with Crippen LogP contribution in [0.1, 0.15) is 43.7 Å². The molecule has 2 atom stereocenters. The number of hydrogen-bond acceptors (Lipinski definition) is 3. The van der Waals surface area contributed by atoms with E-state index >= 15 is 0 Å². The zero-order valence-corrected chi connectivity index (χ0v) is 15.2. The summed E-state index contributed by atoms with van der Waals surface area (Å²) < 4.78 is 7.57. The summed E-state index contributed by atoms with van der Waals surface area (Å²) in [5.74, 6) is 0. The van der Waals surface area contributed by atoms with Crippen molar-refractivity contribution in [2.24, 2.45) is 0 Å². The summed E-state index contributed by atoms with van der Waals surface area (Å²) >= 11 is 0. The number of amides is 1. The summed E-state index contributed by atoms with van der Waals surface area (Å²) in [5.41, 5.74) is 3.52. The third-order valence-electron chi connectivity index (χ3n) is 5.27. The number of carbonyl (C=O) groups excluding carboxylic acids is 1. The van der Waals surface area contributed by atoms with Crippen LogP contribution in [0.3, 0.4) is 0 Å². The molecule has 26 heavy (non-hydrogen) atoms. The van der Waals surface area contributed by atoms with Gasteiger partial charge in [0.1, 0.15) is 6.61 Å². The van der Waals surface area contributed by atoms with Crippen LogP contribution >= 0.6 is 0 Å². The number of benzene rings is 1. The molecule has 3 heterocycles. The fraction of sp³-hybridized carbons (Fsp3) is 0.429. The van der Waals surface area contributed by atoms with Crippen molar-refractivity contribution in [1.82, 2.24) is 14.7 Å². The average molecular weight is 351 g/mol. The highest BCUT2D eigenvalue weighted by molar-refractivity contribution is 5.74. The highest BCUT2D eigenvalue weighted by Gasteiger charge is 2.40. The monoisotopic (exact) mass is 351 g/mol. The highest BCUT2D eigenvalue weighted by atomic mass is 16.6. The number of hydrogen-bond donors (Lipinski definition) is 0. The molecule has 1 amide bonds. The largest absolute Gasteiger partial charge is 0.445 e. The van der Waals surface area contributed by atoms with Gasteiger partial charge in [0.05, 0.1) is 12.2 Å². The normalized spacial score (nSPS) is 21.6. The maximum Gasteiger partial charge on any atom is 0.410 e. The maximum atomic E-state index is 12.6. The van der Waals surface area contributed by atoms with E-state index in [1.165, 1.54) is 11.1 Å². The first kappa shape index (κ1) is 16.9. The fourth-order valence-electron chi connectivity index (χ4n) is 4.00. The number of aromatic nitrogens is 2. The SMILES string of the molecule is CCCn1cc(C2=CC3CCC(C2)N3C(=O)OCc2ccccc2)cn1. The van der Waals surface area contributed by atoms with Gasteiger partial charge in [-0.2, -0.15) is 5.10 Å². The van der Waals surface area contributed by atoms with Crippen LogP contribution in [0.4, 0.5) is 4.79 Å². The Labute approximate surface area is 154 Å². The summed E-state index contributed by atoms with van der Waals surface area (Å²) in [6.07, 6.45) is 10.1. The Morgan fingerprint density at radius 1 is 1.27 bits per heavy atom. The van der Waals surface area contributed by atoms with E-state index in [-0.39, 0.29) is 18.2 Å². The van der Waals surface area contributed by atoms with E-state index in [0.717, 1.165) is 37.8 Å². The van der Waals surface area contributed by atoms with E-state index in [4.69, 9.17) is 4.74 Å². The van der Waals surface area contributed by atoms with Crippen molar-refractivity contribution in [2.45, 2.75) is 57.8 Å². The minimum Gasteiger partial charge on any atom is -0.445 e. The van der Waals surface area contributed by atoms with E-state index in [9.17, 15) is 4.79 Å². The Hall–Kier alpha value is -2.56. The average Bonchev–Trinajstić information content (AvgIpc) is 3.23. The van der Waals surface area contributed by atoms with E-state index in [0.29, 0.717) is 6.61 Å². The van der Waals surface area contributed by atoms with Crippen molar-refractivity contribution in [3.63, 3.8) is 0 Å². The number of ether oxygens (including phenoxy) is 1. The minimum absolute atomic E-state index is 0.140. The van der Waals surface area contributed by atoms with Gasteiger partial charge < -0.3 is 4.74 Å². The van der Waals surface area contributed by atoms with Gasteiger partial charge in [0, 0.05) is 24.3 Å². The Morgan fingerprint density at radius 2 is 2.12 bits per heavy atom. The molecule has 136 valence electrons. The van der Waals surface area contributed by atoms with Gasteiger partial charge in [0.2, 0.25) is 0 Å². The molecule has 0 saturated carbocycles. The van der Waals surface area contributed by atoms with Gasteiger partial charge >= 0.3 is 6.09 Å². The predicted molar refractivity (Wildman–Crippen MR) is 100 cm³/mol. The van der Waals surface area contributed by atoms with Gasteiger partial charge in [-0.3, -0.25) is 9.58 Å². The molecular formula is C21H25N3O2. The van der Waals surface area contributed by atoms with Crippen LogP contribution in [-0.2, 0) is 17.9 Å². The molecule has 1 saturated heterocycles. The lowest BCUT2D eigenvalue weighted by Gasteiger charge is -2.33. The Morgan fingerprint density at radius 3 is 2.88 bits per heavy atom. The Bertz CT molecular complexity index is 797. The van der Waals surface area contributed by atoms with E-state index in [1.807, 2.05) is 46.1 Å². The zero-order valence-electron chi connectivity index (χ0n) is 15.2. The van der Waals surface area contributed by atoms with Crippen molar-refractivity contribution in [3.05, 3.63) is 59.9 Å². The molecule has 0 N–H and O–H groups in total. The molecule has 1 aromatic heterocycles. The molecule has 1 aromatic carbocycles. The first-order valence-corrected chi connectivity index (χ1v) is 9.47. The molecule has 0 radical (unpaired) electrons. The number of nitrogens with zero attached hydrogens (tertiary/aromatic N) is 3. The number of aryl methyl sites for hydroxylation is 1. The second-order valence-electron chi connectivity index (χ2n) is 7.13. The van der Waals surface area contributed by atoms with Crippen LogP contribution in [0, 0.1) is 0 Å². The number of fused-ring (bicyclic) bond motifs is 2. The second-order valence-corrected chi connectivity index (χ2v) is 7.13. The first-order chi connectivity index (χ1) is 12.7. The van der Waals surface area contributed by atoms with E-state index in [1.54, 1.807) is 0 Å². The molecule has 5 heteroatoms. The number of rotatable bonds is 5. The number of carbonyl (C=O) groups is 1. The molecule has 2 unspecified atom stereocenters. The Balaban J connectivity index is 1.43. The summed E-state index contributed by atoms with van der Waals surface area (Å²) in [6.45, 7) is 3.43. The summed E-state index contributed by atoms with van der Waals surface area (Å²) in [6, 6.07) is 10.2. The molecular weight excluding hydrogens is 326 g/mol. The lowest BCUT2D eigenvalue weighted by atomic mass is 9.97. The van der Waals surface area contributed by atoms with Crippen molar-refractivity contribution in [1.29, 1.82) is 0 Å². The molecule has 2 aliphatic heterocycles. The lowest BCUT2D eigenvalue weighted by Crippen LogP contribution is -2.43. The molecule has 1 fully saturated rings. The molecule has 2 aliphatic rings. The smallest absolute Gasteiger partial charge is 0.410 e. The van der Waals surface area contributed by atoms with Gasteiger partial charge in [-0.25, -0.2) is 4.79 Å². The van der Waals surface area contributed by atoms with Crippen molar-refractivity contribution in [3.8, 4) is 0 Å². The summed E-state index contributed by atoms with van der Waals surface area (Å²) in [7, 11) is 0. The quantitative estimate of drug-likeness (QED) is 0.809. The Kier molecular flexibility index (Phi) is 4.78. The topological polar surface area (TPSA) is 47.4 Å². The van der Waals surface area contributed by atoms with Crippen LogP contribution < -0.4 is 0 Å². The van der Waals surface area contributed by atoms with E-state index < -0.39 is 0 Å². The summed E-state index contributed by atoms with van der Waals surface area (Å²) in [5, 5.41) is 4.44. The van der Waals surface area contributed by atoms with Crippen LogP contribution in [0.2, 0.25) is 0 Å². The van der Waals surface area contributed by atoms with Gasteiger partial charge in [-0.1, -0.05) is 43.3 Å². The first-order valence-electron chi connectivity index (χ1n) is 9.47. The van der Waals surface area contributed by atoms with E-state index in [2.05, 4.69) is 24.3 Å². The molecule has 0 spiro atoms. The molecule has 2 bridgehead atoms.